The first kappa shape index (κ1) is 15.1. The Morgan fingerprint density at radius 3 is 2.71 bits per heavy atom. The number of nitrogens with zero attached hydrogens (tertiary/aromatic N) is 6. The van der Waals surface area contributed by atoms with E-state index in [0.29, 0.717) is 0 Å². The van der Waals surface area contributed by atoms with Gasteiger partial charge in [-0.05, 0) is 12.5 Å². The Morgan fingerprint density at radius 1 is 1.33 bits per heavy atom. The van der Waals surface area contributed by atoms with Crippen molar-refractivity contribution in [1.29, 1.82) is 0 Å². The van der Waals surface area contributed by atoms with Gasteiger partial charge in [0.25, 0.3) is 0 Å². The van der Waals surface area contributed by atoms with Crippen molar-refractivity contribution in [2.75, 3.05) is 20.6 Å². The van der Waals surface area contributed by atoms with Crippen LogP contribution in [0, 0.1) is 6.92 Å². The SMILES string of the molecule is CN=C(NCCn1cc(C)cn1)N(C)Cc1cnn(C)c1. The lowest BCUT2D eigenvalue weighted by molar-refractivity contribution is 0.470. The molecule has 21 heavy (non-hydrogen) atoms. The van der Waals surface area contributed by atoms with Crippen LogP contribution < -0.4 is 5.32 Å². The molecule has 0 bridgehead atoms. The molecule has 7 heteroatoms. The van der Waals surface area contributed by atoms with Gasteiger partial charge in [-0.1, -0.05) is 0 Å². The van der Waals surface area contributed by atoms with Crippen LogP contribution in [-0.4, -0.2) is 51.1 Å². The highest BCUT2D eigenvalue weighted by atomic mass is 15.3. The second-order valence-electron chi connectivity index (χ2n) is 5.13. The lowest BCUT2D eigenvalue weighted by Crippen LogP contribution is -2.39. The van der Waals surface area contributed by atoms with Gasteiger partial charge in [0.15, 0.2) is 5.96 Å². The Hall–Kier alpha value is -2.31. The van der Waals surface area contributed by atoms with Crippen LogP contribution in [0.25, 0.3) is 0 Å². The van der Waals surface area contributed by atoms with Crippen LogP contribution in [0.15, 0.2) is 29.8 Å². The summed E-state index contributed by atoms with van der Waals surface area (Å²) in [6.45, 7) is 4.41. The molecule has 0 unspecified atom stereocenters. The number of aliphatic imine (C=N–C) groups is 1. The normalized spacial score (nSPS) is 11.7. The van der Waals surface area contributed by atoms with E-state index in [9.17, 15) is 0 Å². The third kappa shape index (κ3) is 4.34. The van der Waals surface area contributed by atoms with Crippen LogP contribution >= 0.6 is 0 Å². The second-order valence-corrected chi connectivity index (χ2v) is 5.13. The number of nitrogens with one attached hydrogen (secondary N) is 1. The molecular weight excluding hydrogens is 266 g/mol. The molecule has 7 nitrogen and oxygen atoms in total. The summed E-state index contributed by atoms with van der Waals surface area (Å²) in [4.78, 5) is 6.38. The van der Waals surface area contributed by atoms with E-state index < -0.39 is 0 Å². The highest BCUT2D eigenvalue weighted by Crippen LogP contribution is 2.01. The summed E-state index contributed by atoms with van der Waals surface area (Å²) in [6, 6.07) is 0. The quantitative estimate of drug-likeness (QED) is 0.648. The molecule has 2 heterocycles. The molecule has 2 rings (SSSR count). The van der Waals surface area contributed by atoms with Crippen molar-refractivity contribution < 1.29 is 0 Å². The zero-order valence-electron chi connectivity index (χ0n) is 13.1. The van der Waals surface area contributed by atoms with Gasteiger partial charge in [0.2, 0.25) is 0 Å². The zero-order chi connectivity index (χ0) is 15.2. The van der Waals surface area contributed by atoms with E-state index in [1.807, 2.05) is 50.5 Å². The van der Waals surface area contributed by atoms with E-state index in [0.717, 1.165) is 31.2 Å². The summed E-state index contributed by atoms with van der Waals surface area (Å²) in [5, 5.41) is 11.8. The first-order valence-corrected chi connectivity index (χ1v) is 6.97. The van der Waals surface area contributed by atoms with E-state index in [1.165, 1.54) is 5.56 Å². The topological polar surface area (TPSA) is 63.3 Å². The van der Waals surface area contributed by atoms with E-state index >= 15 is 0 Å². The smallest absolute Gasteiger partial charge is 0.193 e. The molecule has 0 aromatic carbocycles. The van der Waals surface area contributed by atoms with E-state index in [1.54, 1.807) is 11.7 Å². The summed E-state index contributed by atoms with van der Waals surface area (Å²) >= 11 is 0. The van der Waals surface area contributed by atoms with Crippen LogP contribution in [0.2, 0.25) is 0 Å². The average molecular weight is 289 g/mol. The Labute approximate surface area is 125 Å². The van der Waals surface area contributed by atoms with Crippen LogP contribution in [0.1, 0.15) is 11.1 Å². The molecule has 0 aliphatic carbocycles. The summed E-state index contributed by atoms with van der Waals surface area (Å²) < 4.78 is 3.73. The molecule has 0 radical (unpaired) electrons. The van der Waals surface area contributed by atoms with Gasteiger partial charge in [-0.15, -0.1) is 0 Å². The van der Waals surface area contributed by atoms with Crippen LogP contribution in [-0.2, 0) is 20.1 Å². The molecule has 2 aromatic heterocycles. The molecule has 0 atom stereocenters. The Balaban J connectivity index is 1.82. The van der Waals surface area contributed by atoms with Crippen molar-refractivity contribution in [2.45, 2.75) is 20.0 Å². The van der Waals surface area contributed by atoms with Gasteiger partial charge in [-0.25, -0.2) is 0 Å². The second kappa shape index (κ2) is 6.92. The summed E-state index contributed by atoms with van der Waals surface area (Å²) in [5.74, 6) is 0.864. The minimum Gasteiger partial charge on any atom is -0.354 e. The van der Waals surface area contributed by atoms with Crippen molar-refractivity contribution in [3.63, 3.8) is 0 Å². The molecule has 0 saturated heterocycles. The predicted octanol–water partition coefficient (Wildman–Crippen LogP) is 0.632. The molecule has 0 aliphatic heterocycles. The maximum atomic E-state index is 4.30. The largest absolute Gasteiger partial charge is 0.354 e. The van der Waals surface area contributed by atoms with E-state index in [4.69, 9.17) is 0 Å². The van der Waals surface area contributed by atoms with Gasteiger partial charge >= 0.3 is 0 Å². The minimum absolute atomic E-state index is 0.772. The maximum Gasteiger partial charge on any atom is 0.193 e. The van der Waals surface area contributed by atoms with Crippen LogP contribution in [0.5, 0.6) is 0 Å². The molecule has 0 saturated carbocycles. The number of hydrogen-bond donors (Lipinski definition) is 1. The standard InChI is InChI=1S/C14H23N7/c1-12-7-18-21(9-12)6-5-16-14(15-2)19(3)10-13-8-17-20(4)11-13/h7-9,11H,5-6,10H2,1-4H3,(H,15,16). The first-order chi connectivity index (χ1) is 10.1. The van der Waals surface area contributed by atoms with Gasteiger partial charge in [-0.2, -0.15) is 10.2 Å². The number of rotatable bonds is 5. The molecule has 0 aliphatic rings. The Bertz CT molecular complexity index is 596. The van der Waals surface area contributed by atoms with Gasteiger partial charge in [0, 0.05) is 52.2 Å². The molecular formula is C14H23N7. The van der Waals surface area contributed by atoms with Gasteiger partial charge < -0.3 is 10.2 Å². The maximum absolute atomic E-state index is 4.30. The van der Waals surface area contributed by atoms with Gasteiger partial charge in [0.05, 0.1) is 18.9 Å². The van der Waals surface area contributed by atoms with Crippen LogP contribution in [0.3, 0.4) is 0 Å². The minimum atomic E-state index is 0.772. The fourth-order valence-electron chi connectivity index (χ4n) is 2.16. The third-order valence-corrected chi connectivity index (χ3v) is 3.14. The fourth-order valence-corrected chi connectivity index (χ4v) is 2.16. The third-order valence-electron chi connectivity index (χ3n) is 3.14. The van der Waals surface area contributed by atoms with Crippen molar-refractivity contribution >= 4 is 5.96 Å². The number of guanidine groups is 1. The molecule has 0 amide bonds. The summed E-state index contributed by atoms with van der Waals surface area (Å²) in [6.07, 6.45) is 7.78. The predicted molar refractivity (Wildman–Crippen MR) is 83.0 cm³/mol. The van der Waals surface area contributed by atoms with E-state index in [2.05, 4.69) is 25.4 Å². The van der Waals surface area contributed by atoms with Gasteiger partial charge in [0.1, 0.15) is 0 Å². The fraction of sp³-hybridized carbons (Fsp3) is 0.500. The van der Waals surface area contributed by atoms with Crippen LogP contribution in [0.4, 0.5) is 0 Å². The first-order valence-electron chi connectivity index (χ1n) is 6.97. The molecule has 114 valence electrons. The number of aryl methyl sites for hydroxylation is 2. The summed E-state index contributed by atoms with van der Waals surface area (Å²) in [5.41, 5.74) is 2.33. The van der Waals surface area contributed by atoms with E-state index in [-0.39, 0.29) is 0 Å². The lowest BCUT2D eigenvalue weighted by Gasteiger charge is -2.21. The lowest BCUT2D eigenvalue weighted by atomic mass is 10.3. The monoisotopic (exact) mass is 289 g/mol. The Morgan fingerprint density at radius 2 is 2.14 bits per heavy atom. The van der Waals surface area contributed by atoms with Crippen molar-refractivity contribution in [2.24, 2.45) is 12.0 Å². The molecule has 0 spiro atoms. The van der Waals surface area contributed by atoms with Crippen molar-refractivity contribution in [3.05, 3.63) is 35.9 Å². The molecule has 0 fully saturated rings. The van der Waals surface area contributed by atoms with Crippen molar-refractivity contribution in [1.82, 2.24) is 29.8 Å². The number of aromatic nitrogens is 4. The zero-order valence-corrected chi connectivity index (χ0v) is 13.1. The average Bonchev–Trinajstić information content (AvgIpc) is 3.03. The summed E-state index contributed by atoms with van der Waals surface area (Å²) in [7, 11) is 5.73. The van der Waals surface area contributed by atoms with Crippen molar-refractivity contribution in [3.8, 4) is 0 Å². The Kier molecular flexibility index (Phi) is 4.97. The molecule has 2 aromatic rings. The molecule has 1 N–H and O–H groups in total. The highest BCUT2D eigenvalue weighted by Gasteiger charge is 2.07. The number of hydrogen-bond acceptors (Lipinski definition) is 3. The highest BCUT2D eigenvalue weighted by molar-refractivity contribution is 5.79. The van der Waals surface area contributed by atoms with Gasteiger partial charge in [-0.3, -0.25) is 14.4 Å².